The third-order valence-electron chi connectivity index (χ3n) is 2.89. The Morgan fingerprint density at radius 1 is 1.17 bits per heavy atom. The van der Waals surface area contributed by atoms with E-state index >= 15 is 0 Å². The van der Waals surface area contributed by atoms with Crippen LogP contribution in [0.3, 0.4) is 0 Å². The van der Waals surface area contributed by atoms with E-state index in [2.05, 4.69) is 21.2 Å². The Morgan fingerprint density at radius 2 is 1.83 bits per heavy atom. The van der Waals surface area contributed by atoms with Gasteiger partial charge in [-0.25, -0.2) is 13.6 Å². The number of rotatable bonds is 5. The van der Waals surface area contributed by atoms with Crippen LogP contribution < -0.4 is 5.32 Å². The summed E-state index contributed by atoms with van der Waals surface area (Å²) in [5.74, 6) is -1.36. The third kappa shape index (κ3) is 5.49. The van der Waals surface area contributed by atoms with Crippen molar-refractivity contribution >= 4 is 28.1 Å². The zero-order chi connectivity index (χ0) is 16.7. The highest BCUT2D eigenvalue weighted by Crippen LogP contribution is 2.21. The molecule has 2 aromatic rings. The van der Waals surface area contributed by atoms with Crippen LogP contribution in [-0.2, 0) is 11.3 Å². The van der Waals surface area contributed by atoms with Crippen molar-refractivity contribution in [3.05, 3.63) is 75.8 Å². The van der Waals surface area contributed by atoms with Crippen LogP contribution in [0, 0.1) is 11.6 Å². The van der Waals surface area contributed by atoms with E-state index in [0.29, 0.717) is 5.56 Å². The molecule has 0 bridgehead atoms. The summed E-state index contributed by atoms with van der Waals surface area (Å²) in [6, 6.07) is 11.7. The summed E-state index contributed by atoms with van der Waals surface area (Å²) < 4.78 is 31.5. The molecular formula is C17H14BrF2NO2. The zero-order valence-corrected chi connectivity index (χ0v) is 13.6. The van der Waals surface area contributed by atoms with Crippen molar-refractivity contribution in [1.82, 2.24) is 5.32 Å². The second-order valence-corrected chi connectivity index (χ2v) is 5.44. The summed E-state index contributed by atoms with van der Waals surface area (Å²) in [6.07, 6.45) is 2.52. The molecule has 2 rings (SSSR count). The minimum atomic E-state index is -0.681. The van der Waals surface area contributed by atoms with Gasteiger partial charge in [0.15, 0.2) is 0 Å². The molecule has 0 saturated carbocycles. The molecule has 0 unspecified atom stereocenters. The monoisotopic (exact) mass is 381 g/mol. The fraction of sp³-hybridized carbons (Fsp3) is 0.118. The highest BCUT2D eigenvalue weighted by Gasteiger charge is 2.06. The van der Waals surface area contributed by atoms with E-state index in [0.717, 1.165) is 5.56 Å². The maximum Gasteiger partial charge on any atom is 0.407 e. The molecule has 0 aliphatic carbocycles. The van der Waals surface area contributed by atoms with Crippen LogP contribution in [0.4, 0.5) is 13.6 Å². The average molecular weight is 382 g/mol. The van der Waals surface area contributed by atoms with Crippen LogP contribution in [0.1, 0.15) is 11.1 Å². The van der Waals surface area contributed by atoms with Crippen LogP contribution in [0.25, 0.3) is 6.08 Å². The highest BCUT2D eigenvalue weighted by atomic mass is 79.9. The van der Waals surface area contributed by atoms with Gasteiger partial charge in [0, 0.05) is 6.54 Å². The number of carbonyl (C=O) groups is 1. The second-order valence-electron chi connectivity index (χ2n) is 4.64. The zero-order valence-electron chi connectivity index (χ0n) is 12.1. The standard InChI is InChI=1S/C17H14BrF2NO2/c18-16-14(19)9-13(10-15(16)20)7-4-8-21-17(22)23-11-12-5-2-1-3-6-12/h1-7,9-10H,8,11H2,(H,21,22). The van der Waals surface area contributed by atoms with Gasteiger partial charge in [0.2, 0.25) is 0 Å². The third-order valence-corrected chi connectivity index (χ3v) is 3.65. The Bertz CT molecular complexity index is 682. The van der Waals surface area contributed by atoms with E-state index in [1.54, 1.807) is 6.08 Å². The van der Waals surface area contributed by atoms with Crippen molar-refractivity contribution in [3.63, 3.8) is 0 Å². The van der Waals surface area contributed by atoms with Crippen LogP contribution in [-0.4, -0.2) is 12.6 Å². The molecule has 0 fully saturated rings. The summed E-state index contributed by atoms with van der Waals surface area (Å²) in [5, 5.41) is 2.52. The molecule has 1 N–H and O–H groups in total. The lowest BCUT2D eigenvalue weighted by molar-refractivity contribution is 0.141. The predicted octanol–water partition coefficient (Wildman–Crippen LogP) is 4.67. The van der Waals surface area contributed by atoms with Gasteiger partial charge in [-0.3, -0.25) is 0 Å². The number of hydrogen-bond acceptors (Lipinski definition) is 2. The molecule has 23 heavy (non-hydrogen) atoms. The molecule has 0 spiro atoms. The molecule has 0 saturated heterocycles. The topological polar surface area (TPSA) is 38.3 Å². The molecule has 6 heteroatoms. The smallest absolute Gasteiger partial charge is 0.407 e. The van der Waals surface area contributed by atoms with Gasteiger partial charge >= 0.3 is 6.09 Å². The molecule has 0 atom stereocenters. The van der Waals surface area contributed by atoms with E-state index in [-0.39, 0.29) is 17.6 Å². The number of benzene rings is 2. The lowest BCUT2D eigenvalue weighted by Gasteiger charge is -2.05. The lowest BCUT2D eigenvalue weighted by atomic mass is 10.2. The van der Waals surface area contributed by atoms with Crippen molar-refractivity contribution in [2.24, 2.45) is 0 Å². The number of carbonyl (C=O) groups excluding carboxylic acids is 1. The van der Waals surface area contributed by atoms with E-state index in [1.807, 2.05) is 30.3 Å². The number of ether oxygens (including phenoxy) is 1. The van der Waals surface area contributed by atoms with Crippen LogP contribution in [0.15, 0.2) is 53.0 Å². The predicted molar refractivity (Wildman–Crippen MR) is 87.7 cm³/mol. The van der Waals surface area contributed by atoms with Gasteiger partial charge in [-0.2, -0.15) is 0 Å². The molecule has 3 nitrogen and oxygen atoms in total. The van der Waals surface area contributed by atoms with Gasteiger partial charge in [0.1, 0.15) is 18.2 Å². The van der Waals surface area contributed by atoms with Crippen molar-refractivity contribution in [2.75, 3.05) is 6.54 Å². The maximum atomic E-state index is 13.3. The molecule has 0 aromatic heterocycles. The van der Waals surface area contributed by atoms with E-state index in [9.17, 15) is 13.6 Å². The van der Waals surface area contributed by atoms with Crippen LogP contribution in [0.5, 0.6) is 0 Å². The maximum absolute atomic E-state index is 13.3. The first-order chi connectivity index (χ1) is 11.1. The normalized spacial score (nSPS) is 10.7. The molecule has 0 heterocycles. The van der Waals surface area contributed by atoms with Gasteiger partial charge in [0.25, 0.3) is 0 Å². The van der Waals surface area contributed by atoms with Gasteiger partial charge < -0.3 is 10.1 Å². The molecule has 2 aromatic carbocycles. The number of halogens is 3. The van der Waals surface area contributed by atoms with E-state index in [1.165, 1.54) is 18.2 Å². The Hall–Kier alpha value is -2.21. The fourth-order valence-electron chi connectivity index (χ4n) is 1.78. The first-order valence-corrected chi connectivity index (χ1v) is 7.61. The summed E-state index contributed by atoms with van der Waals surface area (Å²) in [5.41, 5.74) is 1.25. The number of amides is 1. The first-order valence-electron chi connectivity index (χ1n) is 6.82. The van der Waals surface area contributed by atoms with Crippen LogP contribution in [0.2, 0.25) is 0 Å². The van der Waals surface area contributed by atoms with Crippen molar-refractivity contribution in [1.29, 1.82) is 0 Å². The van der Waals surface area contributed by atoms with Gasteiger partial charge in [-0.15, -0.1) is 0 Å². The molecular weight excluding hydrogens is 368 g/mol. The van der Waals surface area contributed by atoms with Gasteiger partial charge in [-0.05, 0) is 39.2 Å². The Labute approximate surface area is 141 Å². The molecule has 0 aliphatic heterocycles. The SMILES string of the molecule is O=C(NCC=Cc1cc(F)c(Br)c(F)c1)OCc1ccccc1. The Balaban J connectivity index is 1.77. The van der Waals surface area contributed by atoms with E-state index < -0.39 is 17.7 Å². The number of nitrogens with one attached hydrogen (secondary N) is 1. The minimum Gasteiger partial charge on any atom is -0.445 e. The number of hydrogen-bond donors (Lipinski definition) is 1. The summed E-state index contributed by atoms with van der Waals surface area (Å²) in [7, 11) is 0. The van der Waals surface area contributed by atoms with Crippen molar-refractivity contribution in [3.8, 4) is 0 Å². The number of alkyl carbamates (subject to hydrolysis) is 1. The van der Waals surface area contributed by atoms with Gasteiger partial charge in [-0.1, -0.05) is 42.5 Å². The Kier molecular flexibility index (Phi) is 6.29. The van der Waals surface area contributed by atoms with Crippen molar-refractivity contribution in [2.45, 2.75) is 6.61 Å². The second kappa shape index (κ2) is 8.43. The average Bonchev–Trinajstić information content (AvgIpc) is 2.55. The fourth-order valence-corrected chi connectivity index (χ4v) is 2.01. The van der Waals surface area contributed by atoms with Crippen molar-refractivity contribution < 1.29 is 18.3 Å². The molecule has 1 amide bonds. The summed E-state index contributed by atoms with van der Waals surface area (Å²) in [6.45, 7) is 0.368. The van der Waals surface area contributed by atoms with E-state index in [4.69, 9.17) is 4.74 Å². The quantitative estimate of drug-likeness (QED) is 0.764. The highest BCUT2D eigenvalue weighted by molar-refractivity contribution is 9.10. The summed E-state index contributed by atoms with van der Waals surface area (Å²) >= 11 is 2.80. The Morgan fingerprint density at radius 3 is 2.48 bits per heavy atom. The molecule has 0 radical (unpaired) electrons. The molecule has 0 aliphatic rings. The van der Waals surface area contributed by atoms with Crippen LogP contribution >= 0.6 is 15.9 Å². The minimum absolute atomic E-state index is 0.180. The largest absolute Gasteiger partial charge is 0.445 e. The molecule has 120 valence electrons. The first kappa shape index (κ1) is 17.1. The lowest BCUT2D eigenvalue weighted by Crippen LogP contribution is -2.24. The van der Waals surface area contributed by atoms with Gasteiger partial charge in [0.05, 0.1) is 4.47 Å². The summed E-state index contributed by atoms with van der Waals surface area (Å²) in [4.78, 5) is 11.5.